The Hall–Kier alpha value is -2.07. The van der Waals surface area contributed by atoms with Crippen molar-refractivity contribution in [2.45, 2.75) is 154 Å². The van der Waals surface area contributed by atoms with E-state index in [1.165, 1.54) is 19.3 Å². The summed E-state index contributed by atoms with van der Waals surface area (Å²) in [5.74, 6) is -1.04. The molecule has 0 amide bonds. The van der Waals surface area contributed by atoms with E-state index in [0.29, 0.717) is 12.8 Å². The van der Waals surface area contributed by atoms with E-state index < -0.39 is 58.4 Å². The molecule has 3 N–H and O–H groups in total. The van der Waals surface area contributed by atoms with Gasteiger partial charge in [0.05, 0.1) is 26.4 Å². The van der Waals surface area contributed by atoms with E-state index in [1.54, 1.807) is 0 Å². The molecule has 0 rings (SSSR count). The predicted molar refractivity (Wildman–Crippen MR) is 196 cm³/mol. The average molecular weight is 715 g/mol. The Morgan fingerprint density at radius 2 is 0.959 bits per heavy atom. The van der Waals surface area contributed by atoms with Gasteiger partial charge in [-0.2, -0.15) is 0 Å². The van der Waals surface area contributed by atoms with Crippen LogP contribution in [-0.4, -0.2) is 65.7 Å². The van der Waals surface area contributed by atoms with E-state index in [9.17, 15) is 29.3 Å². The van der Waals surface area contributed by atoms with Crippen LogP contribution in [0.1, 0.15) is 142 Å². The lowest BCUT2D eigenvalue weighted by molar-refractivity contribution is -0.153. The van der Waals surface area contributed by atoms with Gasteiger partial charge in [0.15, 0.2) is 0 Å². The van der Waals surface area contributed by atoms with Crippen molar-refractivity contribution in [3.05, 3.63) is 48.6 Å². The Bertz CT molecular complexity index is 962. The second-order valence-electron chi connectivity index (χ2n) is 12.2. The van der Waals surface area contributed by atoms with Crippen molar-refractivity contribution in [3.8, 4) is 0 Å². The number of phosphoric acid groups is 1. The number of hydrogen-bond acceptors (Lipinski definition) is 9. The van der Waals surface area contributed by atoms with Crippen molar-refractivity contribution < 1.29 is 47.8 Å². The molecule has 0 spiro atoms. The van der Waals surface area contributed by atoms with E-state index in [4.69, 9.17) is 18.5 Å². The highest BCUT2D eigenvalue weighted by Gasteiger charge is 2.27. The molecule has 3 atom stereocenters. The number of ether oxygens (including phenoxy) is 2. The number of carbonyl (C=O) groups excluding carboxylic acids is 2. The number of allylic oxidation sites excluding steroid dienone is 8. The van der Waals surface area contributed by atoms with E-state index in [2.05, 4.69) is 62.5 Å². The summed E-state index contributed by atoms with van der Waals surface area (Å²) in [4.78, 5) is 34.2. The van der Waals surface area contributed by atoms with Gasteiger partial charge in [-0.15, -0.1) is 0 Å². The molecule has 10 nitrogen and oxygen atoms in total. The first-order chi connectivity index (χ1) is 23.8. The minimum absolute atomic E-state index is 0.175. The quantitative estimate of drug-likeness (QED) is 0.0255. The molecule has 3 unspecified atom stereocenters. The van der Waals surface area contributed by atoms with Crippen LogP contribution in [0.25, 0.3) is 0 Å². The monoisotopic (exact) mass is 714 g/mol. The van der Waals surface area contributed by atoms with Crippen LogP contribution in [0.2, 0.25) is 0 Å². The Labute approximate surface area is 296 Å². The number of aliphatic hydroxyl groups is 2. The van der Waals surface area contributed by atoms with E-state index in [1.807, 2.05) is 0 Å². The molecule has 284 valence electrons. The van der Waals surface area contributed by atoms with Gasteiger partial charge in [-0.1, -0.05) is 127 Å². The van der Waals surface area contributed by atoms with Gasteiger partial charge in [-0.25, -0.2) is 4.57 Å². The van der Waals surface area contributed by atoms with E-state index in [-0.39, 0.29) is 12.8 Å². The van der Waals surface area contributed by atoms with Crippen LogP contribution in [0.15, 0.2) is 48.6 Å². The zero-order chi connectivity index (χ0) is 36.3. The molecular formula is C38H67O10P. The Morgan fingerprint density at radius 1 is 0.571 bits per heavy atom. The topological polar surface area (TPSA) is 149 Å². The fourth-order valence-electron chi connectivity index (χ4n) is 4.69. The van der Waals surface area contributed by atoms with Crippen molar-refractivity contribution in [1.29, 1.82) is 0 Å². The highest BCUT2D eigenvalue weighted by molar-refractivity contribution is 7.47. The van der Waals surface area contributed by atoms with Gasteiger partial charge in [-0.05, 0) is 51.4 Å². The normalized spacial score (nSPS) is 14.6. The molecule has 0 aromatic rings. The standard InChI is InChI=1S/C38H67O10P/c1-3-5-7-9-11-12-13-14-15-16-17-18-19-20-21-22-24-26-28-30-38(42)48-36(32-40)34-46-49(43,44)45-33-35(31-39)47-37(41)29-27-25-23-10-8-6-4-2/h5,7,11-12,14-15,17-18,35-36,39-40H,3-4,6,8-10,13,16,19-34H2,1-2H3,(H,43,44)/b7-5-,12-11-,15-14-,18-17-. The van der Waals surface area contributed by atoms with Crippen molar-refractivity contribution in [2.24, 2.45) is 0 Å². The summed E-state index contributed by atoms with van der Waals surface area (Å²) in [6, 6.07) is 0. The molecule has 0 aromatic carbocycles. The second kappa shape index (κ2) is 34.4. The number of esters is 2. The fourth-order valence-corrected chi connectivity index (χ4v) is 5.48. The third-order valence-electron chi connectivity index (χ3n) is 7.56. The Morgan fingerprint density at radius 3 is 1.39 bits per heavy atom. The summed E-state index contributed by atoms with van der Waals surface area (Å²) in [5, 5.41) is 19.0. The number of phosphoric ester groups is 1. The van der Waals surface area contributed by atoms with Gasteiger partial charge < -0.3 is 24.6 Å². The Kier molecular flexibility index (Phi) is 32.9. The SMILES string of the molecule is CC/C=C\C/C=C\C/C=C\C/C=C\CCCCCCCCC(=O)OC(CO)COP(=O)(O)OCC(CO)OC(=O)CCCCCCCCC. The van der Waals surface area contributed by atoms with E-state index in [0.717, 1.165) is 83.5 Å². The number of hydrogen-bond donors (Lipinski definition) is 3. The maximum Gasteiger partial charge on any atom is 0.472 e. The van der Waals surface area contributed by atoms with Crippen LogP contribution in [0.4, 0.5) is 0 Å². The lowest BCUT2D eigenvalue weighted by Crippen LogP contribution is -2.28. The Balaban J connectivity index is 3.98. The highest BCUT2D eigenvalue weighted by Crippen LogP contribution is 2.43. The highest BCUT2D eigenvalue weighted by atomic mass is 31.2. The molecule has 0 aliphatic heterocycles. The molecule has 0 fully saturated rings. The van der Waals surface area contributed by atoms with E-state index >= 15 is 0 Å². The first kappa shape index (κ1) is 46.9. The van der Waals surface area contributed by atoms with Crippen molar-refractivity contribution >= 4 is 19.8 Å². The van der Waals surface area contributed by atoms with Crippen molar-refractivity contribution in [1.82, 2.24) is 0 Å². The molecule has 0 saturated heterocycles. The minimum Gasteiger partial charge on any atom is -0.457 e. The molecular weight excluding hydrogens is 647 g/mol. The molecule has 0 radical (unpaired) electrons. The van der Waals surface area contributed by atoms with Crippen molar-refractivity contribution in [3.63, 3.8) is 0 Å². The maximum absolute atomic E-state index is 12.3. The summed E-state index contributed by atoms with van der Waals surface area (Å²) < 4.78 is 32.3. The smallest absolute Gasteiger partial charge is 0.457 e. The lowest BCUT2D eigenvalue weighted by Gasteiger charge is -2.20. The van der Waals surface area contributed by atoms with Crippen LogP contribution in [0.5, 0.6) is 0 Å². The number of unbranched alkanes of at least 4 members (excludes halogenated alkanes) is 12. The lowest BCUT2D eigenvalue weighted by atomic mass is 10.1. The molecule has 0 heterocycles. The summed E-state index contributed by atoms with van der Waals surface area (Å²) in [5.41, 5.74) is 0. The molecule has 0 aliphatic rings. The molecule has 49 heavy (non-hydrogen) atoms. The zero-order valence-corrected chi connectivity index (χ0v) is 31.3. The number of rotatable bonds is 34. The molecule has 11 heteroatoms. The maximum atomic E-state index is 12.3. The van der Waals surface area contributed by atoms with Gasteiger partial charge in [-0.3, -0.25) is 18.6 Å². The van der Waals surface area contributed by atoms with Crippen LogP contribution < -0.4 is 0 Å². The largest absolute Gasteiger partial charge is 0.472 e. The predicted octanol–water partition coefficient (Wildman–Crippen LogP) is 8.99. The molecule has 0 bridgehead atoms. The first-order valence-corrected chi connectivity index (χ1v) is 20.1. The first-order valence-electron chi connectivity index (χ1n) is 18.6. The van der Waals surface area contributed by atoms with Crippen LogP contribution in [0, 0.1) is 0 Å². The number of aliphatic hydroxyl groups excluding tert-OH is 2. The second-order valence-corrected chi connectivity index (χ2v) is 13.6. The molecule has 0 aliphatic carbocycles. The van der Waals surface area contributed by atoms with Crippen LogP contribution in [0.3, 0.4) is 0 Å². The zero-order valence-electron chi connectivity index (χ0n) is 30.4. The molecule has 0 aromatic heterocycles. The third kappa shape index (κ3) is 32.9. The summed E-state index contributed by atoms with van der Waals surface area (Å²) in [6.45, 7) is 1.99. The van der Waals surface area contributed by atoms with Crippen LogP contribution >= 0.6 is 7.82 Å². The van der Waals surface area contributed by atoms with Gasteiger partial charge in [0, 0.05) is 12.8 Å². The number of carbonyl (C=O) groups is 2. The van der Waals surface area contributed by atoms with Gasteiger partial charge >= 0.3 is 19.8 Å². The average Bonchev–Trinajstić information content (AvgIpc) is 3.09. The summed E-state index contributed by atoms with van der Waals surface area (Å²) in [6.07, 6.45) is 34.0. The fraction of sp³-hybridized carbons (Fsp3) is 0.737. The van der Waals surface area contributed by atoms with Gasteiger partial charge in [0.2, 0.25) is 0 Å². The van der Waals surface area contributed by atoms with Crippen molar-refractivity contribution in [2.75, 3.05) is 26.4 Å². The van der Waals surface area contributed by atoms with Gasteiger partial charge in [0.1, 0.15) is 12.2 Å². The molecule has 0 saturated carbocycles. The summed E-state index contributed by atoms with van der Waals surface area (Å²) in [7, 11) is -4.63. The van der Waals surface area contributed by atoms with Gasteiger partial charge in [0.25, 0.3) is 0 Å². The third-order valence-corrected chi connectivity index (χ3v) is 8.51. The summed E-state index contributed by atoms with van der Waals surface area (Å²) >= 11 is 0. The minimum atomic E-state index is -4.63. The van der Waals surface area contributed by atoms with Crippen LogP contribution in [-0.2, 0) is 32.7 Å².